The molecule has 4 heteroatoms. The Bertz CT molecular complexity index is 172. The van der Waals surface area contributed by atoms with Crippen LogP contribution < -0.4 is 0 Å². The first-order valence-corrected chi connectivity index (χ1v) is 4.56. The van der Waals surface area contributed by atoms with Gasteiger partial charge in [-0.3, -0.25) is 0 Å². The van der Waals surface area contributed by atoms with Crippen LogP contribution in [-0.2, 0) is 0 Å². The fourth-order valence-electron chi connectivity index (χ4n) is 0.370. The van der Waals surface area contributed by atoms with Gasteiger partial charge in [-0.2, -0.15) is 0 Å². The van der Waals surface area contributed by atoms with Crippen LogP contribution in [-0.4, -0.2) is 11.2 Å². The van der Waals surface area contributed by atoms with Crippen molar-refractivity contribution in [2.24, 2.45) is 0 Å². The number of thiol groups is 1. The van der Waals surface area contributed by atoms with Crippen molar-refractivity contribution in [3.8, 4) is 0 Å². The third kappa shape index (κ3) is 1.18. The SMILES string of the molecule is CSc1ncsc1S. The lowest BCUT2D eigenvalue weighted by atomic mass is 11.0. The van der Waals surface area contributed by atoms with Crippen LogP contribution in [0.25, 0.3) is 0 Å². The average Bonchev–Trinajstić information content (AvgIpc) is 2.14. The van der Waals surface area contributed by atoms with E-state index in [0.29, 0.717) is 0 Å². The van der Waals surface area contributed by atoms with Crippen LogP contribution in [0.4, 0.5) is 0 Å². The van der Waals surface area contributed by atoms with Gasteiger partial charge in [-0.25, -0.2) is 4.98 Å². The number of aromatic nitrogens is 1. The first-order valence-electron chi connectivity index (χ1n) is 2.01. The minimum absolute atomic E-state index is 1.01. The highest BCUT2D eigenvalue weighted by Crippen LogP contribution is 2.24. The van der Waals surface area contributed by atoms with Gasteiger partial charge < -0.3 is 0 Å². The third-order valence-electron chi connectivity index (χ3n) is 0.711. The predicted octanol–water partition coefficient (Wildman–Crippen LogP) is 2.15. The summed E-state index contributed by atoms with van der Waals surface area (Å²) in [5, 5.41) is 1.03. The van der Waals surface area contributed by atoms with E-state index in [2.05, 4.69) is 17.6 Å². The van der Waals surface area contributed by atoms with E-state index in [0.717, 1.165) is 9.24 Å². The lowest BCUT2D eigenvalue weighted by Crippen LogP contribution is -1.64. The molecule has 0 fully saturated rings. The zero-order valence-electron chi connectivity index (χ0n) is 4.29. The molecule has 0 bridgehead atoms. The lowest BCUT2D eigenvalue weighted by Gasteiger charge is -1.84. The monoisotopic (exact) mass is 163 g/mol. The molecule has 0 saturated carbocycles. The molecule has 0 aliphatic carbocycles. The summed E-state index contributed by atoms with van der Waals surface area (Å²) >= 11 is 7.35. The first kappa shape index (κ1) is 6.45. The summed E-state index contributed by atoms with van der Waals surface area (Å²) in [7, 11) is 0. The van der Waals surface area contributed by atoms with E-state index in [4.69, 9.17) is 0 Å². The molecular formula is C4H5NS3. The molecule has 8 heavy (non-hydrogen) atoms. The Hall–Kier alpha value is 0.330. The maximum atomic E-state index is 4.16. The fraction of sp³-hybridized carbons (Fsp3) is 0.250. The largest absolute Gasteiger partial charge is 0.237 e. The van der Waals surface area contributed by atoms with Crippen LogP contribution in [0.1, 0.15) is 0 Å². The van der Waals surface area contributed by atoms with Crippen LogP contribution in [0, 0.1) is 0 Å². The topological polar surface area (TPSA) is 12.9 Å². The lowest BCUT2D eigenvalue weighted by molar-refractivity contribution is 1.14. The van der Waals surface area contributed by atoms with Crippen molar-refractivity contribution in [3.05, 3.63) is 5.51 Å². The van der Waals surface area contributed by atoms with E-state index < -0.39 is 0 Å². The second-order valence-electron chi connectivity index (χ2n) is 1.17. The number of nitrogens with zero attached hydrogens (tertiary/aromatic N) is 1. The van der Waals surface area contributed by atoms with Gasteiger partial charge in [0.05, 0.1) is 9.72 Å². The van der Waals surface area contributed by atoms with Gasteiger partial charge in [-0.05, 0) is 6.26 Å². The normalized spacial score (nSPS) is 9.75. The van der Waals surface area contributed by atoms with Crippen LogP contribution in [0.5, 0.6) is 0 Å². The fourth-order valence-corrected chi connectivity index (χ4v) is 2.05. The van der Waals surface area contributed by atoms with E-state index in [9.17, 15) is 0 Å². The number of thiazole rings is 1. The van der Waals surface area contributed by atoms with Gasteiger partial charge in [-0.1, -0.05) is 0 Å². The zero-order valence-corrected chi connectivity index (χ0v) is 6.82. The summed E-state index contributed by atoms with van der Waals surface area (Å²) in [5.41, 5.74) is 1.80. The number of hydrogen-bond acceptors (Lipinski definition) is 4. The second-order valence-corrected chi connectivity index (χ2v) is 3.57. The molecule has 0 aliphatic rings. The highest BCUT2D eigenvalue weighted by atomic mass is 32.2. The molecule has 0 N–H and O–H groups in total. The zero-order chi connectivity index (χ0) is 5.98. The van der Waals surface area contributed by atoms with Gasteiger partial charge >= 0.3 is 0 Å². The molecule has 0 radical (unpaired) electrons. The van der Waals surface area contributed by atoms with E-state index in [-0.39, 0.29) is 0 Å². The summed E-state index contributed by atoms with van der Waals surface area (Å²) in [5.74, 6) is 0. The first-order chi connectivity index (χ1) is 3.84. The Kier molecular flexibility index (Phi) is 2.22. The van der Waals surface area contributed by atoms with E-state index in [1.165, 1.54) is 0 Å². The minimum atomic E-state index is 1.01. The number of rotatable bonds is 1. The highest BCUT2D eigenvalue weighted by Gasteiger charge is 1.96. The molecule has 0 aromatic carbocycles. The van der Waals surface area contributed by atoms with Crippen molar-refractivity contribution in [3.63, 3.8) is 0 Å². The molecule has 0 amide bonds. The molecule has 0 aliphatic heterocycles. The molecule has 44 valence electrons. The van der Waals surface area contributed by atoms with Crippen molar-refractivity contribution in [2.45, 2.75) is 9.24 Å². The van der Waals surface area contributed by atoms with Crippen molar-refractivity contribution >= 4 is 35.7 Å². The molecule has 1 rings (SSSR count). The molecular weight excluding hydrogens is 158 g/mol. The van der Waals surface area contributed by atoms with Gasteiger partial charge in [-0.15, -0.1) is 35.7 Å². The van der Waals surface area contributed by atoms with Gasteiger partial charge in [0, 0.05) is 0 Å². The van der Waals surface area contributed by atoms with Crippen LogP contribution in [0.2, 0.25) is 0 Å². The van der Waals surface area contributed by atoms with Crippen LogP contribution in [0.15, 0.2) is 14.7 Å². The quantitative estimate of drug-likeness (QED) is 0.503. The maximum Gasteiger partial charge on any atom is 0.120 e. The third-order valence-corrected chi connectivity index (χ3v) is 2.84. The Morgan fingerprint density at radius 2 is 2.62 bits per heavy atom. The van der Waals surface area contributed by atoms with Crippen molar-refractivity contribution in [1.82, 2.24) is 4.98 Å². The molecule has 0 atom stereocenters. The summed E-state index contributed by atoms with van der Waals surface area (Å²) < 4.78 is 1.01. The smallest absolute Gasteiger partial charge is 0.120 e. The average molecular weight is 163 g/mol. The Morgan fingerprint density at radius 3 is 2.88 bits per heavy atom. The number of thioether (sulfide) groups is 1. The van der Waals surface area contributed by atoms with Crippen LogP contribution in [0.3, 0.4) is 0 Å². The van der Waals surface area contributed by atoms with Crippen LogP contribution >= 0.6 is 35.7 Å². The minimum Gasteiger partial charge on any atom is -0.237 e. The molecule has 1 aromatic rings. The molecule has 0 saturated heterocycles. The van der Waals surface area contributed by atoms with E-state index >= 15 is 0 Å². The van der Waals surface area contributed by atoms with Gasteiger partial charge in [0.25, 0.3) is 0 Å². The maximum absolute atomic E-state index is 4.16. The number of hydrogen-bond donors (Lipinski definition) is 1. The highest BCUT2D eigenvalue weighted by molar-refractivity contribution is 7.99. The summed E-state index contributed by atoms with van der Waals surface area (Å²) in [6.45, 7) is 0. The van der Waals surface area contributed by atoms with Gasteiger partial charge in [0.2, 0.25) is 0 Å². The van der Waals surface area contributed by atoms with E-state index in [1.54, 1.807) is 28.6 Å². The molecule has 1 aromatic heterocycles. The second kappa shape index (κ2) is 2.75. The summed E-state index contributed by atoms with van der Waals surface area (Å²) in [6.07, 6.45) is 1.99. The molecule has 0 unspecified atom stereocenters. The standard InChI is InChI=1S/C4H5NS3/c1-7-3-4(6)8-2-5-3/h2,6H,1H3. The Morgan fingerprint density at radius 1 is 1.88 bits per heavy atom. The van der Waals surface area contributed by atoms with Crippen molar-refractivity contribution in [2.75, 3.05) is 6.26 Å². The summed E-state index contributed by atoms with van der Waals surface area (Å²) in [6, 6.07) is 0. The Balaban J connectivity index is 2.92. The Labute approximate surface area is 61.9 Å². The van der Waals surface area contributed by atoms with Gasteiger partial charge in [0.1, 0.15) is 5.03 Å². The summed E-state index contributed by atoms with van der Waals surface area (Å²) in [4.78, 5) is 4.04. The van der Waals surface area contributed by atoms with E-state index in [1.807, 2.05) is 6.26 Å². The van der Waals surface area contributed by atoms with Gasteiger partial charge in [0.15, 0.2) is 0 Å². The molecule has 1 nitrogen and oxygen atoms in total. The van der Waals surface area contributed by atoms with Crippen molar-refractivity contribution in [1.29, 1.82) is 0 Å². The van der Waals surface area contributed by atoms with Crippen molar-refractivity contribution < 1.29 is 0 Å². The predicted molar refractivity (Wildman–Crippen MR) is 41.1 cm³/mol. The molecule has 0 spiro atoms. The molecule has 1 heterocycles.